The number of rotatable bonds is 7. The maximum atomic E-state index is 12.3. The van der Waals surface area contributed by atoms with Crippen molar-refractivity contribution in [1.82, 2.24) is 9.88 Å². The van der Waals surface area contributed by atoms with Crippen LogP contribution >= 0.6 is 11.6 Å². The average molecular weight is 287 g/mol. The fraction of sp³-hybridized carbons (Fsp3) is 0.643. The molecule has 0 aliphatic rings. The maximum Gasteiger partial charge on any atom is 0.268 e. The largest absolute Gasteiger partial charge is 0.396 e. The van der Waals surface area contributed by atoms with Crippen molar-refractivity contribution >= 4 is 17.5 Å². The highest BCUT2D eigenvalue weighted by molar-refractivity contribution is 6.31. The number of hydrogen-bond acceptors (Lipinski definition) is 2. The Bertz CT molecular complexity index is 416. The van der Waals surface area contributed by atoms with E-state index in [2.05, 4.69) is 12.2 Å². The lowest BCUT2D eigenvalue weighted by atomic mass is 10.0. The van der Waals surface area contributed by atoms with Crippen molar-refractivity contribution in [2.75, 3.05) is 6.61 Å². The third-order valence-corrected chi connectivity index (χ3v) is 3.33. The van der Waals surface area contributed by atoms with Gasteiger partial charge in [0.25, 0.3) is 5.91 Å². The van der Waals surface area contributed by atoms with Gasteiger partial charge in [-0.05, 0) is 24.8 Å². The van der Waals surface area contributed by atoms with Crippen molar-refractivity contribution < 1.29 is 9.90 Å². The number of amides is 1. The minimum Gasteiger partial charge on any atom is -0.396 e. The average Bonchev–Trinajstić information content (AvgIpc) is 2.70. The summed E-state index contributed by atoms with van der Waals surface area (Å²) in [6.45, 7) is 6.94. The Balaban J connectivity index is 2.81. The summed E-state index contributed by atoms with van der Waals surface area (Å²) < 4.78 is 1.87. The van der Waals surface area contributed by atoms with Gasteiger partial charge in [-0.3, -0.25) is 4.79 Å². The van der Waals surface area contributed by atoms with E-state index in [9.17, 15) is 4.79 Å². The molecule has 1 amide bonds. The first-order valence-electron chi connectivity index (χ1n) is 6.77. The topological polar surface area (TPSA) is 54.3 Å². The second-order valence-corrected chi connectivity index (χ2v) is 5.51. The van der Waals surface area contributed by atoms with Crippen LogP contribution in [-0.4, -0.2) is 28.2 Å². The van der Waals surface area contributed by atoms with Crippen molar-refractivity contribution in [1.29, 1.82) is 0 Å². The molecule has 0 saturated heterocycles. The smallest absolute Gasteiger partial charge is 0.268 e. The first-order chi connectivity index (χ1) is 8.99. The second kappa shape index (κ2) is 7.56. The molecule has 0 aliphatic heterocycles. The van der Waals surface area contributed by atoms with Crippen LogP contribution < -0.4 is 5.32 Å². The molecule has 0 saturated carbocycles. The predicted molar refractivity (Wildman–Crippen MR) is 77.5 cm³/mol. The fourth-order valence-electron chi connectivity index (χ4n) is 2.04. The summed E-state index contributed by atoms with van der Waals surface area (Å²) in [5.41, 5.74) is 0.579. The fourth-order valence-corrected chi connectivity index (χ4v) is 2.27. The molecule has 0 aromatic carbocycles. The minimum atomic E-state index is -0.132. The molecule has 1 aromatic heterocycles. The molecule has 1 aromatic rings. The summed E-state index contributed by atoms with van der Waals surface area (Å²) in [5, 5.41) is 12.6. The zero-order valence-electron chi connectivity index (χ0n) is 11.8. The normalized spacial score (nSPS) is 12.7. The third-order valence-electron chi connectivity index (χ3n) is 3.12. The first kappa shape index (κ1) is 16.1. The van der Waals surface area contributed by atoms with E-state index in [1.807, 2.05) is 18.4 Å². The Morgan fingerprint density at radius 1 is 1.53 bits per heavy atom. The van der Waals surface area contributed by atoms with Crippen molar-refractivity contribution in [3.05, 3.63) is 23.0 Å². The molecule has 1 atom stereocenters. The van der Waals surface area contributed by atoms with E-state index in [1.165, 1.54) is 0 Å². The van der Waals surface area contributed by atoms with Crippen molar-refractivity contribution in [3.8, 4) is 0 Å². The lowest BCUT2D eigenvalue weighted by molar-refractivity contribution is 0.0907. The van der Waals surface area contributed by atoms with Gasteiger partial charge in [0.15, 0.2) is 0 Å². The summed E-state index contributed by atoms with van der Waals surface area (Å²) in [6.07, 6.45) is 3.28. The number of carbonyl (C=O) groups excluding carboxylic acids is 1. The van der Waals surface area contributed by atoms with Gasteiger partial charge in [-0.15, -0.1) is 0 Å². The highest BCUT2D eigenvalue weighted by Gasteiger charge is 2.19. The van der Waals surface area contributed by atoms with Crippen LogP contribution in [0.15, 0.2) is 12.3 Å². The van der Waals surface area contributed by atoms with Gasteiger partial charge in [0.2, 0.25) is 0 Å². The zero-order valence-corrected chi connectivity index (χ0v) is 12.6. The highest BCUT2D eigenvalue weighted by atomic mass is 35.5. The summed E-state index contributed by atoms with van der Waals surface area (Å²) in [6, 6.07) is 1.66. The molecule has 0 spiro atoms. The molecule has 4 nitrogen and oxygen atoms in total. The van der Waals surface area contributed by atoms with E-state index < -0.39 is 0 Å². The van der Waals surface area contributed by atoms with Crippen LogP contribution in [-0.2, 0) is 6.54 Å². The number of nitrogens with zero attached hydrogens (tertiary/aromatic N) is 1. The summed E-state index contributed by atoms with van der Waals surface area (Å²) in [5.74, 6) is 0.147. The van der Waals surface area contributed by atoms with E-state index in [-0.39, 0.29) is 24.5 Å². The standard InChI is InChI=1S/C14H23ClN2O2/c1-4-6-17-9-11(15)8-13(17)14(19)16-12(5-7-18)10(2)3/h8-10,12,18H,4-7H2,1-3H3,(H,16,19). The molecular formula is C14H23ClN2O2. The summed E-state index contributed by atoms with van der Waals surface area (Å²) in [7, 11) is 0. The molecule has 0 bridgehead atoms. The maximum absolute atomic E-state index is 12.3. The van der Waals surface area contributed by atoms with E-state index >= 15 is 0 Å². The number of carbonyl (C=O) groups is 1. The number of halogens is 1. The molecule has 0 aliphatic carbocycles. The molecule has 1 rings (SSSR count). The number of aromatic nitrogens is 1. The molecule has 1 unspecified atom stereocenters. The molecule has 108 valence electrons. The third kappa shape index (κ3) is 4.55. The lowest BCUT2D eigenvalue weighted by Crippen LogP contribution is -2.40. The van der Waals surface area contributed by atoms with Gasteiger partial charge in [0.05, 0.1) is 5.02 Å². The van der Waals surface area contributed by atoms with Gasteiger partial charge in [0, 0.05) is 25.4 Å². The molecule has 0 radical (unpaired) electrons. The van der Waals surface area contributed by atoms with Crippen LogP contribution in [0.3, 0.4) is 0 Å². The number of aliphatic hydroxyl groups is 1. The van der Waals surface area contributed by atoms with Gasteiger partial charge >= 0.3 is 0 Å². The Morgan fingerprint density at radius 3 is 2.74 bits per heavy atom. The van der Waals surface area contributed by atoms with Crippen molar-refractivity contribution in [2.45, 2.75) is 46.2 Å². The summed E-state index contributed by atoms with van der Waals surface area (Å²) in [4.78, 5) is 12.3. The molecule has 19 heavy (non-hydrogen) atoms. The van der Waals surface area contributed by atoms with Gasteiger partial charge in [0.1, 0.15) is 5.69 Å². The van der Waals surface area contributed by atoms with Gasteiger partial charge in [-0.1, -0.05) is 32.4 Å². The van der Waals surface area contributed by atoms with Crippen LogP contribution in [0, 0.1) is 5.92 Å². The molecule has 2 N–H and O–H groups in total. The Hall–Kier alpha value is -1.00. The van der Waals surface area contributed by atoms with Crippen LogP contribution in [0.2, 0.25) is 5.02 Å². The molecule has 1 heterocycles. The first-order valence-corrected chi connectivity index (χ1v) is 7.14. The van der Waals surface area contributed by atoms with Gasteiger partial charge in [-0.25, -0.2) is 0 Å². The quantitative estimate of drug-likeness (QED) is 0.810. The van der Waals surface area contributed by atoms with Gasteiger partial charge in [-0.2, -0.15) is 0 Å². The van der Waals surface area contributed by atoms with Crippen LogP contribution in [0.5, 0.6) is 0 Å². The second-order valence-electron chi connectivity index (χ2n) is 5.07. The predicted octanol–water partition coefficient (Wildman–Crippen LogP) is 2.69. The van der Waals surface area contributed by atoms with E-state index in [4.69, 9.17) is 16.7 Å². The van der Waals surface area contributed by atoms with Crippen LogP contribution in [0.4, 0.5) is 0 Å². The van der Waals surface area contributed by atoms with E-state index in [1.54, 1.807) is 12.3 Å². The van der Waals surface area contributed by atoms with E-state index in [0.29, 0.717) is 17.1 Å². The minimum absolute atomic E-state index is 0.0266. The number of aliphatic hydroxyl groups excluding tert-OH is 1. The SMILES string of the molecule is CCCn1cc(Cl)cc1C(=O)NC(CCO)C(C)C. The number of hydrogen-bond donors (Lipinski definition) is 2. The molecule has 5 heteroatoms. The Morgan fingerprint density at radius 2 is 2.21 bits per heavy atom. The molecular weight excluding hydrogens is 264 g/mol. The Kier molecular flexibility index (Phi) is 6.38. The monoisotopic (exact) mass is 286 g/mol. The van der Waals surface area contributed by atoms with E-state index in [0.717, 1.165) is 13.0 Å². The Labute approximate surface area is 119 Å². The molecule has 0 fully saturated rings. The summed E-state index contributed by atoms with van der Waals surface area (Å²) >= 11 is 5.96. The van der Waals surface area contributed by atoms with Crippen molar-refractivity contribution in [2.24, 2.45) is 5.92 Å². The number of nitrogens with one attached hydrogen (secondary N) is 1. The van der Waals surface area contributed by atoms with Crippen LogP contribution in [0.25, 0.3) is 0 Å². The van der Waals surface area contributed by atoms with Crippen molar-refractivity contribution in [3.63, 3.8) is 0 Å². The van der Waals surface area contributed by atoms with Gasteiger partial charge < -0.3 is 15.0 Å². The number of aryl methyl sites for hydroxylation is 1. The highest BCUT2D eigenvalue weighted by Crippen LogP contribution is 2.16. The zero-order chi connectivity index (χ0) is 14.4. The van der Waals surface area contributed by atoms with Crippen LogP contribution in [0.1, 0.15) is 44.1 Å². The lowest BCUT2D eigenvalue weighted by Gasteiger charge is -2.21.